The average Bonchev–Trinajstić information content (AvgIpc) is 2.67. The predicted octanol–water partition coefficient (Wildman–Crippen LogP) is 5.16. The van der Waals surface area contributed by atoms with Crippen molar-refractivity contribution in [1.82, 2.24) is 0 Å². The first-order valence-corrected chi connectivity index (χ1v) is 10.5. The van der Waals surface area contributed by atoms with Crippen LogP contribution in [-0.4, -0.2) is 18.5 Å². The van der Waals surface area contributed by atoms with Crippen LogP contribution >= 0.6 is 0 Å². The van der Waals surface area contributed by atoms with Crippen molar-refractivity contribution < 1.29 is 28.2 Å². The first kappa shape index (κ1) is 23.4. The van der Waals surface area contributed by atoms with Gasteiger partial charge in [0.05, 0.1) is 12.0 Å². The zero-order chi connectivity index (χ0) is 21.9. The molecule has 0 atom stereocenters. The van der Waals surface area contributed by atoms with E-state index in [4.69, 9.17) is 18.6 Å². The maximum atomic E-state index is 12.4. The van der Waals surface area contributed by atoms with Gasteiger partial charge in [0.25, 0.3) is 5.75 Å². The van der Waals surface area contributed by atoms with Gasteiger partial charge >= 0.3 is 17.6 Å². The molecule has 1 heterocycles. The fraction of sp³-hybridized carbons (Fsp3) is 0.522. The molecule has 0 bridgehead atoms. The van der Waals surface area contributed by atoms with Crippen molar-refractivity contribution in [3.8, 4) is 17.2 Å². The Balaban J connectivity index is 2.11. The zero-order valence-electron chi connectivity index (χ0n) is 18.0. The minimum atomic E-state index is -0.830. The number of hydrogen-bond donors (Lipinski definition) is 0. The highest BCUT2D eigenvalue weighted by atomic mass is 16.6. The molecule has 7 nitrogen and oxygen atoms in total. The number of benzene rings is 1. The second-order valence-corrected chi connectivity index (χ2v) is 7.22. The summed E-state index contributed by atoms with van der Waals surface area (Å²) < 4.78 is 21.2. The Kier molecular flexibility index (Phi) is 9.38. The van der Waals surface area contributed by atoms with Gasteiger partial charge in [0.2, 0.25) is 0 Å². The minimum Gasteiger partial charge on any atom is -0.489 e. The molecule has 0 spiro atoms. The lowest BCUT2D eigenvalue weighted by Crippen LogP contribution is -2.14. The molecule has 0 amide bonds. The number of carbonyl (C=O) groups excluding carboxylic acids is 2. The molecule has 2 rings (SSSR count). The Bertz CT molecular complexity index is 914. The number of carbonyl (C=O) groups is 2. The van der Waals surface area contributed by atoms with Crippen LogP contribution in [0.4, 0.5) is 0 Å². The Labute approximate surface area is 176 Å². The third-order valence-corrected chi connectivity index (χ3v) is 4.54. The quantitative estimate of drug-likeness (QED) is 0.203. The number of fused-ring (bicyclic) bond motifs is 1. The number of hydrogen-bond acceptors (Lipinski definition) is 7. The molecule has 0 aliphatic heterocycles. The van der Waals surface area contributed by atoms with Crippen LogP contribution in [0.2, 0.25) is 0 Å². The highest BCUT2D eigenvalue weighted by Gasteiger charge is 2.20. The van der Waals surface area contributed by atoms with E-state index in [1.807, 2.05) is 0 Å². The molecule has 0 fully saturated rings. The highest BCUT2D eigenvalue weighted by molar-refractivity contribution is 5.88. The van der Waals surface area contributed by atoms with Gasteiger partial charge in [0.1, 0.15) is 11.3 Å². The van der Waals surface area contributed by atoms with Crippen LogP contribution in [0.15, 0.2) is 27.4 Å². The van der Waals surface area contributed by atoms with E-state index in [1.165, 1.54) is 52.0 Å². The summed E-state index contributed by atoms with van der Waals surface area (Å²) in [5.74, 6) is -0.995. The normalized spacial score (nSPS) is 10.8. The Morgan fingerprint density at radius 3 is 2.13 bits per heavy atom. The van der Waals surface area contributed by atoms with Gasteiger partial charge < -0.3 is 18.6 Å². The molecule has 1 aromatic carbocycles. The Morgan fingerprint density at radius 2 is 1.50 bits per heavy atom. The van der Waals surface area contributed by atoms with Gasteiger partial charge in [-0.15, -0.1) is 0 Å². The van der Waals surface area contributed by atoms with Crippen molar-refractivity contribution in [3.63, 3.8) is 0 Å². The summed E-state index contributed by atoms with van der Waals surface area (Å²) in [5.41, 5.74) is -0.649. The molecule has 0 aliphatic carbocycles. The van der Waals surface area contributed by atoms with Gasteiger partial charge in [-0.3, -0.25) is 9.59 Å². The molecule has 164 valence electrons. The molecule has 0 aliphatic rings. The van der Waals surface area contributed by atoms with Crippen LogP contribution in [0.1, 0.15) is 72.1 Å². The summed E-state index contributed by atoms with van der Waals surface area (Å²) in [5, 5.41) is 0.460. The third-order valence-electron chi connectivity index (χ3n) is 4.54. The fourth-order valence-electron chi connectivity index (χ4n) is 3.15. The summed E-state index contributed by atoms with van der Waals surface area (Å²) in [4.78, 5) is 35.0. The SMILES string of the molecule is CCCCCCCCCCOc1c(OC(C)=O)c(=O)oc2cc(OC(C)=O)ccc12. The molecule has 0 saturated heterocycles. The van der Waals surface area contributed by atoms with E-state index in [9.17, 15) is 14.4 Å². The highest BCUT2D eigenvalue weighted by Crippen LogP contribution is 2.35. The standard InChI is InChI=1S/C23H30O7/c1-4-5-6-7-8-9-10-11-14-27-21-19-13-12-18(28-16(2)24)15-20(19)30-23(26)22(21)29-17(3)25/h12-13,15H,4-11,14H2,1-3H3. The summed E-state index contributed by atoms with van der Waals surface area (Å²) in [6.07, 6.45) is 9.22. The minimum absolute atomic E-state index is 0.161. The van der Waals surface area contributed by atoms with Gasteiger partial charge in [0, 0.05) is 19.9 Å². The molecule has 0 N–H and O–H groups in total. The van der Waals surface area contributed by atoms with E-state index < -0.39 is 17.6 Å². The monoisotopic (exact) mass is 418 g/mol. The van der Waals surface area contributed by atoms with Crippen molar-refractivity contribution in [1.29, 1.82) is 0 Å². The van der Waals surface area contributed by atoms with E-state index in [-0.39, 0.29) is 22.8 Å². The fourth-order valence-corrected chi connectivity index (χ4v) is 3.15. The first-order chi connectivity index (χ1) is 14.4. The maximum absolute atomic E-state index is 12.4. The van der Waals surface area contributed by atoms with E-state index in [1.54, 1.807) is 12.1 Å². The molecule has 0 saturated carbocycles. The summed E-state index contributed by atoms with van der Waals surface area (Å²) in [7, 11) is 0. The average molecular weight is 418 g/mol. The van der Waals surface area contributed by atoms with Crippen molar-refractivity contribution in [2.45, 2.75) is 72.1 Å². The van der Waals surface area contributed by atoms with Gasteiger partial charge in [0.15, 0.2) is 5.75 Å². The van der Waals surface area contributed by atoms with E-state index >= 15 is 0 Å². The molecule has 2 aromatic rings. The van der Waals surface area contributed by atoms with Crippen LogP contribution in [0, 0.1) is 0 Å². The smallest absolute Gasteiger partial charge is 0.383 e. The van der Waals surface area contributed by atoms with Crippen LogP contribution in [-0.2, 0) is 9.59 Å². The number of esters is 2. The molecule has 30 heavy (non-hydrogen) atoms. The van der Waals surface area contributed by atoms with Crippen molar-refractivity contribution >= 4 is 22.9 Å². The molecular weight excluding hydrogens is 388 g/mol. The van der Waals surface area contributed by atoms with E-state index in [0.717, 1.165) is 19.3 Å². The first-order valence-electron chi connectivity index (χ1n) is 10.5. The Hall–Kier alpha value is -2.83. The van der Waals surface area contributed by atoms with Gasteiger partial charge in [-0.2, -0.15) is 0 Å². The van der Waals surface area contributed by atoms with Crippen LogP contribution in [0.25, 0.3) is 11.0 Å². The van der Waals surface area contributed by atoms with Gasteiger partial charge in [-0.25, -0.2) is 4.79 Å². The van der Waals surface area contributed by atoms with Crippen LogP contribution in [0.5, 0.6) is 17.2 Å². The summed E-state index contributed by atoms with van der Waals surface area (Å²) >= 11 is 0. The number of ether oxygens (including phenoxy) is 3. The lowest BCUT2D eigenvalue weighted by molar-refractivity contribution is -0.133. The summed E-state index contributed by atoms with van der Waals surface area (Å²) in [6, 6.07) is 4.59. The molecule has 7 heteroatoms. The van der Waals surface area contributed by atoms with Crippen molar-refractivity contribution in [2.75, 3.05) is 6.61 Å². The van der Waals surface area contributed by atoms with Crippen LogP contribution in [0.3, 0.4) is 0 Å². The van der Waals surface area contributed by atoms with E-state index in [0.29, 0.717) is 12.0 Å². The second kappa shape index (κ2) is 12.0. The number of rotatable bonds is 12. The lowest BCUT2D eigenvalue weighted by Gasteiger charge is -2.13. The third kappa shape index (κ3) is 7.21. The summed E-state index contributed by atoms with van der Waals surface area (Å²) in [6.45, 7) is 5.07. The predicted molar refractivity (Wildman–Crippen MR) is 113 cm³/mol. The lowest BCUT2D eigenvalue weighted by atomic mass is 10.1. The van der Waals surface area contributed by atoms with Crippen molar-refractivity contribution in [3.05, 3.63) is 28.6 Å². The molecule has 0 radical (unpaired) electrons. The molecule has 0 unspecified atom stereocenters. The van der Waals surface area contributed by atoms with Gasteiger partial charge in [-0.1, -0.05) is 51.9 Å². The molecule has 1 aromatic heterocycles. The van der Waals surface area contributed by atoms with Gasteiger partial charge in [-0.05, 0) is 18.6 Å². The second-order valence-electron chi connectivity index (χ2n) is 7.22. The zero-order valence-corrected chi connectivity index (χ0v) is 18.0. The molecular formula is C23H30O7. The largest absolute Gasteiger partial charge is 0.489 e. The number of unbranched alkanes of at least 4 members (excludes halogenated alkanes) is 7. The maximum Gasteiger partial charge on any atom is 0.383 e. The Morgan fingerprint density at radius 1 is 0.867 bits per heavy atom. The van der Waals surface area contributed by atoms with Crippen LogP contribution < -0.4 is 19.8 Å². The topological polar surface area (TPSA) is 92.0 Å². The van der Waals surface area contributed by atoms with Crippen molar-refractivity contribution in [2.24, 2.45) is 0 Å². The van der Waals surface area contributed by atoms with E-state index in [2.05, 4.69) is 6.92 Å².